The number of benzene rings is 1. The summed E-state index contributed by atoms with van der Waals surface area (Å²) < 4.78 is 0. The molecule has 0 saturated carbocycles. The van der Waals surface area contributed by atoms with E-state index >= 15 is 0 Å². The first-order valence-corrected chi connectivity index (χ1v) is 7.90. The van der Waals surface area contributed by atoms with Crippen LogP contribution in [0.15, 0.2) is 35.4 Å². The molecule has 2 aliphatic rings. The van der Waals surface area contributed by atoms with E-state index in [1.807, 2.05) is 25.1 Å². The van der Waals surface area contributed by atoms with Crippen molar-refractivity contribution in [3.63, 3.8) is 0 Å². The Morgan fingerprint density at radius 1 is 1.30 bits per heavy atom. The maximum absolute atomic E-state index is 12.4. The Morgan fingerprint density at radius 3 is 2.78 bits per heavy atom. The number of carbonyl (C=O) groups is 3. The summed E-state index contributed by atoms with van der Waals surface area (Å²) in [4.78, 5) is 37.9. The van der Waals surface area contributed by atoms with Crippen LogP contribution in [0.5, 0.6) is 0 Å². The zero-order valence-electron chi connectivity index (χ0n) is 12.7. The van der Waals surface area contributed by atoms with Gasteiger partial charge in [0.05, 0.1) is 11.8 Å². The molecule has 1 fully saturated rings. The zero-order chi connectivity index (χ0) is 16.6. The van der Waals surface area contributed by atoms with E-state index in [4.69, 9.17) is 11.6 Å². The molecule has 5 nitrogen and oxygen atoms in total. The second-order valence-electron chi connectivity index (χ2n) is 5.98. The van der Waals surface area contributed by atoms with Gasteiger partial charge in [-0.05, 0) is 37.5 Å². The van der Waals surface area contributed by atoms with Crippen molar-refractivity contribution in [3.05, 3.63) is 40.9 Å². The van der Waals surface area contributed by atoms with E-state index in [2.05, 4.69) is 5.32 Å². The summed E-state index contributed by atoms with van der Waals surface area (Å²) in [6.07, 6.45) is 2.63. The quantitative estimate of drug-likeness (QED) is 0.865. The molecule has 1 saturated heterocycles. The maximum Gasteiger partial charge on any atom is 0.244 e. The number of nitrogens with zero attached hydrogens (tertiary/aromatic N) is 1. The molecule has 1 heterocycles. The molecule has 2 atom stereocenters. The first kappa shape index (κ1) is 15.7. The largest absolute Gasteiger partial charge is 0.325 e. The molecule has 23 heavy (non-hydrogen) atoms. The lowest BCUT2D eigenvalue weighted by Crippen LogP contribution is -2.38. The van der Waals surface area contributed by atoms with E-state index in [0.29, 0.717) is 23.6 Å². The highest BCUT2D eigenvalue weighted by molar-refractivity contribution is 6.30. The molecule has 1 aromatic carbocycles. The monoisotopic (exact) mass is 332 g/mol. The van der Waals surface area contributed by atoms with E-state index in [9.17, 15) is 14.4 Å². The van der Waals surface area contributed by atoms with Crippen LogP contribution in [-0.4, -0.2) is 29.2 Å². The summed E-state index contributed by atoms with van der Waals surface area (Å²) in [5.74, 6) is -1.76. The molecule has 2 unspecified atom stereocenters. The normalized spacial score (nSPS) is 23.6. The van der Waals surface area contributed by atoms with Crippen molar-refractivity contribution in [2.45, 2.75) is 19.8 Å². The van der Waals surface area contributed by atoms with Gasteiger partial charge in [-0.25, -0.2) is 0 Å². The highest BCUT2D eigenvalue weighted by Crippen LogP contribution is 2.38. The summed E-state index contributed by atoms with van der Waals surface area (Å²) >= 11 is 5.97. The standard InChI is InChI=1S/C17H17ClN2O3/c1-10-3-2-4-12(7-10)19-15(21)9-20-16(22)13-6-5-11(18)8-14(13)17(20)23/h2-5,7,13-14H,6,8-9H2,1H3,(H,19,21). The van der Waals surface area contributed by atoms with Gasteiger partial charge in [-0.1, -0.05) is 29.8 Å². The predicted octanol–water partition coefficient (Wildman–Crippen LogP) is 2.45. The zero-order valence-corrected chi connectivity index (χ0v) is 13.5. The molecule has 6 heteroatoms. The Morgan fingerprint density at radius 2 is 2.04 bits per heavy atom. The van der Waals surface area contributed by atoms with Crippen LogP contribution in [0, 0.1) is 18.8 Å². The van der Waals surface area contributed by atoms with Crippen LogP contribution < -0.4 is 5.32 Å². The lowest BCUT2D eigenvalue weighted by atomic mass is 9.85. The molecule has 3 amide bonds. The van der Waals surface area contributed by atoms with Crippen molar-refractivity contribution in [3.8, 4) is 0 Å². The molecule has 1 aromatic rings. The van der Waals surface area contributed by atoms with Crippen molar-refractivity contribution in [2.75, 3.05) is 11.9 Å². The predicted molar refractivity (Wildman–Crippen MR) is 86.7 cm³/mol. The summed E-state index contributed by atoms with van der Waals surface area (Å²) in [6, 6.07) is 7.35. The highest BCUT2D eigenvalue weighted by Gasteiger charge is 2.48. The van der Waals surface area contributed by atoms with Gasteiger partial charge in [0.25, 0.3) is 0 Å². The van der Waals surface area contributed by atoms with E-state index < -0.39 is 5.92 Å². The first-order valence-electron chi connectivity index (χ1n) is 7.52. The summed E-state index contributed by atoms with van der Waals surface area (Å²) in [6.45, 7) is 1.67. The molecule has 120 valence electrons. The Bertz CT molecular complexity index is 714. The van der Waals surface area contributed by atoms with Crippen LogP contribution in [0.3, 0.4) is 0 Å². The number of halogens is 1. The van der Waals surface area contributed by atoms with E-state index in [1.165, 1.54) is 0 Å². The number of aryl methyl sites for hydroxylation is 1. The van der Waals surface area contributed by atoms with Gasteiger partial charge in [-0.2, -0.15) is 0 Å². The van der Waals surface area contributed by atoms with Crippen LogP contribution in [0.1, 0.15) is 18.4 Å². The minimum absolute atomic E-state index is 0.254. The molecular formula is C17H17ClN2O3. The SMILES string of the molecule is Cc1cccc(NC(=O)CN2C(=O)C3CC=C(Cl)CC3C2=O)c1. The lowest BCUT2D eigenvalue weighted by molar-refractivity contribution is -0.142. The number of anilines is 1. The van der Waals surface area contributed by atoms with Crippen LogP contribution in [-0.2, 0) is 14.4 Å². The van der Waals surface area contributed by atoms with Crippen LogP contribution in [0.2, 0.25) is 0 Å². The maximum atomic E-state index is 12.4. The summed E-state index contributed by atoms with van der Waals surface area (Å²) in [7, 11) is 0. The van der Waals surface area contributed by atoms with Crippen LogP contribution in [0.4, 0.5) is 5.69 Å². The fourth-order valence-electron chi connectivity index (χ4n) is 3.12. The number of amides is 3. The topological polar surface area (TPSA) is 66.5 Å². The fourth-order valence-corrected chi connectivity index (χ4v) is 3.37. The number of allylic oxidation sites excluding steroid dienone is 2. The number of fused-ring (bicyclic) bond motifs is 1. The number of hydrogen-bond donors (Lipinski definition) is 1. The van der Waals surface area contributed by atoms with Gasteiger partial charge in [0.15, 0.2) is 0 Å². The number of rotatable bonds is 3. The van der Waals surface area contributed by atoms with Gasteiger partial charge < -0.3 is 5.32 Å². The Kier molecular flexibility index (Phi) is 4.22. The molecule has 0 aromatic heterocycles. The summed E-state index contributed by atoms with van der Waals surface area (Å²) in [5.41, 5.74) is 1.67. The number of nitrogens with one attached hydrogen (secondary N) is 1. The third-order valence-electron chi connectivity index (χ3n) is 4.26. The first-order chi connectivity index (χ1) is 11.0. The minimum Gasteiger partial charge on any atom is -0.325 e. The van der Waals surface area contributed by atoms with E-state index in [0.717, 1.165) is 10.5 Å². The van der Waals surface area contributed by atoms with Gasteiger partial charge in [0.2, 0.25) is 17.7 Å². The number of likely N-dealkylation sites (tertiary alicyclic amines) is 1. The molecule has 0 radical (unpaired) electrons. The van der Waals surface area contributed by atoms with Gasteiger partial charge in [0, 0.05) is 10.7 Å². The number of hydrogen-bond acceptors (Lipinski definition) is 3. The van der Waals surface area contributed by atoms with Crippen molar-refractivity contribution < 1.29 is 14.4 Å². The number of imide groups is 1. The fraction of sp³-hybridized carbons (Fsp3) is 0.353. The highest BCUT2D eigenvalue weighted by atomic mass is 35.5. The third kappa shape index (κ3) is 3.15. The third-order valence-corrected chi connectivity index (χ3v) is 4.57. The molecule has 0 spiro atoms. The second kappa shape index (κ2) is 6.16. The van der Waals surface area contributed by atoms with Crippen LogP contribution in [0.25, 0.3) is 0 Å². The second-order valence-corrected chi connectivity index (χ2v) is 6.47. The Labute approximate surface area is 139 Å². The van der Waals surface area contributed by atoms with Crippen molar-refractivity contribution in [1.82, 2.24) is 4.90 Å². The van der Waals surface area contributed by atoms with Gasteiger partial charge in [0.1, 0.15) is 6.54 Å². The van der Waals surface area contributed by atoms with E-state index in [1.54, 1.807) is 12.1 Å². The van der Waals surface area contributed by atoms with Gasteiger partial charge >= 0.3 is 0 Å². The van der Waals surface area contributed by atoms with Gasteiger partial charge in [-0.15, -0.1) is 0 Å². The van der Waals surface area contributed by atoms with Crippen LogP contribution >= 0.6 is 11.6 Å². The summed E-state index contributed by atoms with van der Waals surface area (Å²) in [5, 5.41) is 3.33. The average molecular weight is 333 g/mol. The Balaban J connectivity index is 1.67. The number of carbonyl (C=O) groups excluding carboxylic acids is 3. The molecular weight excluding hydrogens is 316 g/mol. The lowest BCUT2D eigenvalue weighted by Gasteiger charge is -2.17. The molecule has 0 bridgehead atoms. The average Bonchev–Trinajstić information content (AvgIpc) is 2.72. The Hall–Kier alpha value is -2.14. The smallest absolute Gasteiger partial charge is 0.244 e. The molecule has 1 aliphatic carbocycles. The molecule has 1 aliphatic heterocycles. The molecule has 1 N–H and O–H groups in total. The van der Waals surface area contributed by atoms with Crippen molar-refractivity contribution >= 4 is 35.0 Å². The van der Waals surface area contributed by atoms with Crippen molar-refractivity contribution in [2.24, 2.45) is 11.8 Å². The van der Waals surface area contributed by atoms with Crippen molar-refractivity contribution in [1.29, 1.82) is 0 Å². The van der Waals surface area contributed by atoms with E-state index in [-0.39, 0.29) is 30.2 Å². The van der Waals surface area contributed by atoms with Gasteiger partial charge in [-0.3, -0.25) is 19.3 Å². The molecule has 3 rings (SSSR count). The minimum atomic E-state index is -0.424.